The van der Waals surface area contributed by atoms with Gasteiger partial charge in [0, 0.05) is 6.04 Å². The number of hydrogen-bond donors (Lipinski definition) is 1. The summed E-state index contributed by atoms with van der Waals surface area (Å²) in [5, 5.41) is 3.03. The number of ether oxygens (including phenoxy) is 1. The minimum Gasteiger partial charge on any atom is -0.497 e. The van der Waals surface area contributed by atoms with Gasteiger partial charge in [0.05, 0.1) is 12.0 Å². The average molecular weight is 255 g/mol. The van der Waals surface area contributed by atoms with Gasteiger partial charge in [-0.05, 0) is 43.5 Å². The zero-order valence-corrected chi connectivity index (χ0v) is 10.9. The Balaban J connectivity index is 2.19. The van der Waals surface area contributed by atoms with Crippen LogP contribution < -0.4 is 10.1 Å². The fourth-order valence-corrected chi connectivity index (χ4v) is 3.13. The topological polar surface area (TPSA) is 55.4 Å². The van der Waals surface area contributed by atoms with Crippen LogP contribution in [0.2, 0.25) is 0 Å². The molecule has 2 rings (SSSR count). The smallest absolute Gasteiger partial charge is 0.191 e. The van der Waals surface area contributed by atoms with Crippen LogP contribution in [-0.2, 0) is 9.84 Å². The summed E-state index contributed by atoms with van der Waals surface area (Å²) in [6.45, 7) is 1.78. The first kappa shape index (κ1) is 12.4. The van der Waals surface area contributed by atoms with Crippen molar-refractivity contribution in [1.82, 2.24) is 5.32 Å². The summed E-state index contributed by atoms with van der Waals surface area (Å²) >= 11 is 0. The quantitative estimate of drug-likeness (QED) is 0.866. The third-order valence-electron chi connectivity index (χ3n) is 2.86. The molecule has 0 atom stereocenters. The van der Waals surface area contributed by atoms with E-state index in [9.17, 15) is 8.42 Å². The Hall–Kier alpha value is -1.07. The number of methoxy groups -OCH3 is 1. The third kappa shape index (κ3) is 2.98. The molecule has 0 spiro atoms. The van der Waals surface area contributed by atoms with E-state index in [1.54, 1.807) is 32.2 Å². The van der Waals surface area contributed by atoms with Crippen LogP contribution in [0.5, 0.6) is 5.75 Å². The molecular formula is C12H17NO3S. The lowest BCUT2D eigenvalue weighted by Crippen LogP contribution is -2.25. The van der Waals surface area contributed by atoms with Crippen LogP contribution in [0, 0.1) is 6.92 Å². The molecule has 1 saturated carbocycles. The van der Waals surface area contributed by atoms with Crippen molar-refractivity contribution < 1.29 is 13.2 Å². The SMILES string of the molecule is COc1ccc(S(=O)(=O)CNC2CC2)c(C)c1. The van der Waals surface area contributed by atoms with Crippen LogP contribution in [0.15, 0.2) is 23.1 Å². The first-order valence-electron chi connectivity index (χ1n) is 5.64. The lowest BCUT2D eigenvalue weighted by molar-refractivity contribution is 0.414. The number of hydrogen-bond acceptors (Lipinski definition) is 4. The van der Waals surface area contributed by atoms with Gasteiger partial charge in [-0.15, -0.1) is 0 Å². The van der Waals surface area contributed by atoms with Crippen molar-refractivity contribution in [2.24, 2.45) is 0 Å². The minimum atomic E-state index is -3.24. The predicted octanol–water partition coefficient (Wildman–Crippen LogP) is 1.49. The van der Waals surface area contributed by atoms with Gasteiger partial charge in [-0.3, -0.25) is 0 Å². The van der Waals surface area contributed by atoms with E-state index in [0.29, 0.717) is 16.7 Å². The second kappa shape index (κ2) is 4.66. The Labute approximate surface area is 102 Å². The largest absolute Gasteiger partial charge is 0.497 e. The highest BCUT2D eigenvalue weighted by Crippen LogP contribution is 2.23. The summed E-state index contributed by atoms with van der Waals surface area (Å²) in [5.74, 6) is 0.696. The van der Waals surface area contributed by atoms with Gasteiger partial charge in [0.25, 0.3) is 0 Å². The first-order valence-corrected chi connectivity index (χ1v) is 7.29. The highest BCUT2D eigenvalue weighted by atomic mass is 32.2. The zero-order chi connectivity index (χ0) is 12.5. The van der Waals surface area contributed by atoms with Gasteiger partial charge in [0.15, 0.2) is 9.84 Å². The zero-order valence-electron chi connectivity index (χ0n) is 10.1. The highest BCUT2D eigenvalue weighted by Gasteiger charge is 2.24. The maximum atomic E-state index is 12.1. The van der Waals surface area contributed by atoms with Gasteiger partial charge < -0.3 is 10.1 Å². The Morgan fingerprint density at radius 2 is 2.12 bits per heavy atom. The molecule has 0 bridgehead atoms. The van der Waals surface area contributed by atoms with Crippen molar-refractivity contribution >= 4 is 9.84 Å². The van der Waals surface area contributed by atoms with E-state index in [2.05, 4.69) is 5.32 Å². The molecule has 0 aliphatic heterocycles. The summed E-state index contributed by atoms with van der Waals surface area (Å²) < 4.78 is 29.2. The molecule has 0 heterocycles. The van der Waals surface area contributed by atoms with Gasteiger partial charge in [-0.1, -0.05) is 0 Å². The van der Waals surface area contributed by atoms with Crippen LogP contribution in [-0.4, -0.2) is 27.4 Å². The lowest BCUT2D eigenvalue weighted by Gasteiger charge is -2.09. The van der Waals surface area contributed by atoms with Crippen molar-refractivity contribution in [1.29, 1.82) is 0 Å². The number of sulfone groups is 1. The van der Waals surface area contributed by atoms with Crippen LogP contribution >= 0.6 is 0 Å². The van der Waals surface area contributed by atoms with E-state index in [-0.39, 0.29) is 5.88 Å². The summed E-state index contributed by atoms with van der Waals surface area (Å²) in [6, 6.07) is 5.42. The number of nitrogens with one attached hydrogen (secondary N) is 1. The van der Waals surface area contributed by atoms with E-state index in [4.69, 9.17) is 4.74 Å². The van der Waals surface area contributed by atoms with E-state index in [0.717, 1.165) is 18.4 Å². The molecule has 94 valence electrons. The van der Waals surface area contributed by atoms with Crippen LogP contribution in [0.4, 0.5) is 0 Å². The van der Waals surface area contributed by atoms with E-state index in [1.165, 1.54) is 0 Å². The summed E-state index contributed by atoms with van der Waals surface area (Å²) in [5.41, 5.74) is 0.724. The van der Waals surface area contributed by atoms with Crippen molar-refractivity contribution in [3.8, 4) is 5.75 Å². The van der Waals surface area contributed by atoms with Crippen LogP contribution in [0.25, 0.3) is 0 Å². The molecule has 17 heavy (non-hydrogen) atoms. The number of benzene rings is 1. The average Bonchev–Trinajstić information content (AvgIpc) is 3.09. The molecule has 0 radical (unpaired) electrons. The molecule has 0 unspecified atom stereocenters. The van der Waals surface area contributed by atoms with Crippen molar-refractivity contribution in [2.45, 2.75) is 30.7 Å². The van der Waals surface area contributed by atoms with E-state index in [1.807, 2.05) is 0 Å². The van der Waals surface area contributed by atoms with Gasteiger partial charge in [-0.25, -0.2) is 8.42 Å². The molecule has 1 aliphatic rings. The van der Waals surface area contributed by atoms with Crippen molar-refractivity contribution in [2.75, 3.05) is 13.0 Å². The molecule has 1 fully saturated rings. The lowest BCUT2D eigenvalue weighted by atomic mass is 10.2. The van der Waals surface area contributed by atoms with Crippen LogP contribution in [0.1, 0.15) is 18.4 Å². The molecule has 1 aromatic carbocycles. The fourth-order valence-electron chi connectivity index (χ4n) is 1.69. The molecule has 5 heteroatoms. The number of aryl methyl sites for hydroxylation is 1. The summed E-state index contributed by atoms with van der Waals surface area (Å²) in [6.07, 6.45) is 2.16. The Morgan fingerprint density at radius 1 is 1.41 bits per heavy atom. The second-order valence-electron chi connectivity index (χ2n) is 4.37. The molecule has 1 aromatic rings. The minimum absolute atomic E-state index is 0.0187. The molecule has 1 aliphatic carbocycles. The van der Waals surface area contributed by atoms with Crippen LogP contribution in [0.3, 0.4) is 0 Å². The fraction of sp³-hybridized carbons (Fsp3) is 0.500. The summed E-state index contributed by atoms with van der Waals surface area (Å²) in [4.78, 5) is 0.381. The Morgan fingerprint density at radius 3 is 2.65 bits per heavy atom. The molecule has 0 saturated heterocycles. The molecule has 0 amide bonds. The van der Waals surface area contributed by atoms with Gasteiger partial charge >= 0.3 is 0 Å². The van der Waals surface area contributed by atoms with E-state index >= 15 is 0 Å². The van der Waals surface area contributed by atoms with Crippen molar-refractivity contribution in [3.63, 3.8) is 0 Å². The third-order valence-corrected chi connectivity index (χ3v) is 4.53. The van der Waals surface area contributed by atoms with E-state index < -0.39 is 9.84 Å². The molecule has 0 aromatic heterocycles. The van der Waals surface area contributed by atoms with Gasteiger partial charge in [-0.2, -0.15) is 0 Å². The Bertz CT molecular complexity index is 506. The van der Waals surface area contributed by atoms with Gasteiger partial charge in [0.1, 0.15) is 11.6 Å². The van der Waals surface area contributed by atoms with Crippen molar-refractivity contribution in [3.05, 3.63) is 23.8 Å². The maximum absolute atomic E-state index is 12.1. The number of rotatable bonds is 5. The first-order chi connectivity index (χ1) is 8.03. The Kier molecular flexibility index (Phi) is 3.40. The molecular weight excluding hydrogens is 238 g/mol. The molecule has 4 nitrogen and oxygen atoms in total. The standard InChI is InChI=1S/C12H17NO3S/c1-9-7-11(16-2)5-6-12(9)17(14,15)8-13-10-3-4-10/h5-7,10,13H,3-4,8H2,1-2H3. The van der Waals surface area contributed by atoms with Gasteiger partial charge in [0.2, 0.25) is 0 Å². The molecule has 1 N–H and O–H groups in total. The maximum Gasteiger partial charge on any atom is 0.191 e. The monoisotopic (exact) mass is 255 g/mol. The predicted molar refractivity (Wildman–Crippen MR) is 65.9 cm³/mol. The highest BCUT2D eigenvalue weighted by molar-refractivity contribution is 7.91. The second-order valence-corrected chi connectivity index (χ2v) is 6.33. The normalized spacial score (nSPS) is 15.9. The summed E-state index contributed by atoms with van der Waals surface area (Å²) in [7, 11) is -1.67.